The van der Waals surface area contributed by atoms with E-state index in [9.17, 15) is 0 Å². The lowest BCUT2D eigenvalue weighted by Crippen LogP contribution is -2.42. The predicted octanol–water partition coefficient (Wildman–Crippen LogP) is 2.86. The summed E-state index contributed by atoms with van der Waals surface area (Å²) in [6.45, 7) is 9.64. The molecule has 3 aliphatic rings. The first kappa shape index (κ1) is 23.4. The zero-order valence-corrected chi connectivity index (χ0v) is 20.2. The number of morpholine rings is 1. The predicted molar refractivity (Wildman–Crippen MR) is 135 cm³/mol. The van der Waals surface area contributed by atoms with Crippen LogP contribution in [0.2, 0.25) is 0 Å². The van der Waals surface area contributed by atoms with Crippen molar-refractivity contribution in [3.63, 3.8) is 0 Å². The first-order valence-electron chi connectivity index (χ1n) is 12.5. The number of ether oxygens (including phenoxy) is 1. The lowest BCUT2D eigenvalue weighted by molar-refractivity contribution is 0.0389. The molecule has 0 bridgehead atoms. The minimum atomic E-state index is 0.591. The van der Waals surface area contributed by atoms with Gasteiger partial charge in [0, 0.05) is 58.4 Å². The van der Waals surface area contributed by atoms with Crippen LogP contribution in [0.4, 0.5) is 17.6 Å². The van der Waals surface area contributed by atoms with Crippen LogP contribution in [0.5, 0.6) is 0 Å². The maximum absolute atomic E-state index is 5.57. The number of nitrogens with zero attached hydrogens (tertiary/aromatic N) is 5. The number of hydrogen-bond donors (Lipinski definition) is 2. The van der Waals surface area contributed by atoms with Gasteiger partial charge in [-0.1, -0.05) is 25.7 Å². The fraction of sp³-hybridized carbons (Fsp3) is 0.783. The van der Waals surface area contributed by atoms with E-state index in [4.69, 9.17) is 26.9 Å². The van der Waals surface area contributed by atoms with E-state index in [1.54, 1.807) is 0 Å². The standard InChI is InChI=1S/C23H39N7OS/c32-23(24-9-14-28-15-17-31-18-16-28)27-22-25-20(29-10-5-1-2-6-11-29)19-21(26-22)30-12-7-3-4-8-13-30/h19H,1-18H2,(H2,24,25,26,27,32). The Labute approximate surface area is 198 Å². The molecule has 0 aromatic carbocycles. The lowest BCUT2D eigenvalue weighted by Gasteiger charge is -2.27. The normalized spacial score (nSPS) is 21.0. The number of rotatable bonds is 6. The molecule has 0 amide bonds. The van der Waals surface area contributed by atoms with E-state index in [2.05, 4.69) is 31.4 Å². The second-order valence-electron chi connectivity index (χ2n) is 9.05. The van der Waals surface area contributed by atoms with Crippen molar-refractivity contribution in [3.05, 3.63) is 6.07 Å². The van der Waals surface area contributed by atoms with Crippen LogP contribution in [0.25, 0.3) is 0 Å². The quantitative estimate of drug-likeness (QED) is 0.622. The third kappa shape index (κ3) is 7.15. The van der Waals surface area contributed by atoms with Crippen molar-refractivity contribution >= 4 is 34.9 Å². The van der Waals surface area contributed by atoms with Gasteiger partial charge in [-0.25, -0.2) is 0 Å². The molecule has 0 aliphatic carbocycles. The van der Waals surface area contributed by atoms with Gasteiger partial charge in [-0.2, -0.15) is 9.97 Å². The Bertz CT molecular complexity index is 674. The topological polar surface area (TPSA) is 68.8 Å². The molecule has 3 aliphatic heterocycles. The van der Waals surface area contributed by atoms with Crippen LogP contribution >= 0.6 is 12.2 Å². The summed E-state index contributed by atoms with van der Waals surface area (Å²) in [4.78, 5) is 17.0. The van der Waals surface area contributed by atoms with Crippen LogP contribution in [0.1, 0.15) is 51.4 Å². The van der Waals surface area contributed by atoms with E-state index in [-0.39, 0.29) is 0 Å². The average molecular weight is 462 g/mol. The Hall–Kier alpha value is -1.71. The smallest absolute Gasteiger partial charge is 0.232 e. The van der Waals surface area contributed by atoms with E-state index < -0.39 is 0 Å². The maximum atomic E-state index is 5.57. The van der Waals surface area contributed by atoms with Gasteiger partial charge in [0.25, 0.3) is 0 Å². The molecular formula is C23H39N7OS. The van der Waals surface area contributed by atoms with Crippen molar-refractivity contribution in [3.8, 4) is 0 Å². The summed E-state index contributed by atoms with van der Waals surface area (Å²) < 4.78 is 5.42. The fourth-order valence-electron chi connectivity index (χ4n) is 4.70. The lowest BCUT2D eigenvalue weighted by atomic mass is 10.2. The highest BCUT2D eigenvalue weighted by Crippen LogP contribution is 2.25. The first-order chi connectivity index (χ1) is 15.8. The Balaban J connectivity index is 1.42. The molecule has 1 aromatic heterocycles. The van der Waals surface area contributed by atoms with Gasteiger partial charge in [0.1, 0.15) is 11.6 Å². The molecule has 8 nitrogen and oxygen atoms in total. The number of aromatic nitrogens is 2. The zero-order valence-electron chi connectivity index (χ0n) is 19.4. The SMILES string of the molecule is S=C(NCCN1CCOCC1)Nc1nc(N2CCCCCC2)cc(N2CCCCCC2)n1. The van der Waals surface area contributed by atoms with Gasteiger partial charge in [-0.3, -0.25) is 4.90 Å². The van der Waals surface area contributed by atoms with E-state index in [0.29, 0.717) is 11.1 Å². The zero-order chi connectivity index (χ0) is 22.0. The monoisotopic (exact) mass is 461 g/mol. The van der Waals surface area contributed by atoms with Crippen LogP contribution in [0.15, 0.2) is 6.07 Å². The van der Waals surface area contributed by atoms with E-state index in [0.717, 1.165) is 77.2 Å². The molecule has 3 fully saturated rings. The van der Waals surface area contributed by atoms with Crippen molar-refractivity contribution in [2.75, 3.05) is 80.7 Å². The summed E-state index contributed by atoms with van der Waals surface area (Å²) >= 11 is 5.57. The molecule has 4 rings (SSSR count). The minimum Gasteiger partial charge on any atom is -0.379 e. The van der Waals surface area contributed by atoms with E-state index in [1.165, 1.54) is 51.4 Å². The molecule has 2 N–H and O–H groups in total. The molecule has 0 spiro atoms. The molecule has 9 heteroatoms. The third-order valence-electron chi connectivity index (χ3n) is 6.60. The van der Waals surface area contributed by atoms with Gasteiger partial charge in [-0.05, 0) is 37.9 Å². The molecule has 178 valence electrons. The molecule has 32 heavy (non-hydrogen) atoms. The van der Waals surface area contributed by atoms with Crippen LogP contribution in [0.3, 0.4) is 0 Å². The maximum Gasteiger partial charge on any atom is 0.232 e. The second kappa shape index (κ2) is 12.5. The van der Waals surface area contributed by atoms with Gasteiger partial charge in [-0.15, -0.1) is 0 Å². The summed E-state index contributed by atoms with van der Waals surface area (Å²) in [5, 5.41) is 7.19. The van der Waals surface area contributed by atoms with Crippen molar-refractivity contribution in [2.45, 2.75) is 51.4 Å². The van der Waals surface area contributed by atoms with E-state index in [1.807, 2.05) is 0 Å². The average Bonchev–Trinajstić information content (AvgIpc) is 3.25. The van der Waals surface area contributed by atoms with Gasteiger partial charge in [0.2, 0.25) is 5.95 Å². The fourth-order valence-corrected chi connectivity index (χ4v) is 4.89. The second-order valence-corrected chi connectivity index (χ2v) is 9.45. The van der Waals surface area contributed by atoms with Crippen LogP contribution < -0.4 is 20.4 Å². The van der Waals surface area contributed by atoms with Gasteiger partial charge in [0.05, 0.1) is 13.2 Å². The highest BCUT2D eigenvalue weighted by molar-refractivity contribution is 7.80. The van der Waals surface area contributed by atoms with Crippen molar-refractivity contribution < 1.29 is 4.74 Å². The van der Waals surface area contributed by atoms with Crippen molar-refractivity contribution in [2.24, 2.45) is 0 Å². The molecule has 1 aromatic rings. The molecule has 3 saturated heterocycles. The highest BCUT2D eigenvalue weighted by atomic mass is 32.1. The molecule has 0 radical (unpaired) electrons. The number of anilines is 3. The summed E-state index contributed by atoms with van der Waals surface area (Å²) in [6.07, 6.45) is 10.2. The van der Waals surface area contributed by atoms with Gasteiger partial charge >= 0.3 is 0 Å². The van der Waals surface area contributed by atoms with Crippen LogP contribution in [-0.2, 0) is 4.74 Å². The highest BCUT2D eigenvalue weighted by Gasteiger charge is 2.18. The molecule has 4 heterocycles. The molecule has 0 unspecified atom stereocenters. The largest absolute Gasteiger partial charge is 0.379 e. The van der Waals surface area contributed by atoms with Gasteiger partial charge < -0.3 is 25.2 Å². The van der Waals surface area contributed by atoms with E-state index >= 15 is 0 Å². The van der Waals surface area contributed by atoms with Crippen molar-refractivity contribution in [1.82, 2.24) is 20.2 Å². The minimum absolute atomic E-state index is 0.591. The summed E-state index contributed by atoms with van der Waals surface area (Å²) in [5.41, 5.74) is 0. The van der Waals surface area contributed by atoms with Crippen LogP contribution in [-0.4, -0.2) is 85.6 Å². The third-order valence-corrected chi connectivity index (χ3v) is 6.85. The van der Waals surface area contributed by atoms with Crippen LogP contribution in [0, 0.1) is 0 Å². The number of thiocarbonyl (C=S) groups is 1. The number of hydrogen-bond acceptors (Lipinski definition) is 7. The van der Waals surface area contributed by atoms with Gasteiger partial charge in [0.15, 0.2) is 5.11 Å². The molecular weight excluding hydrogens is 422 g/mol. The Morgan fingerprint density at radius 2 is 1.34 bits per heavy atom. The summed E-state index contributed by atoms with van der Waals surface area (Å²) in [6, 6.07) is 2.19. The Morgan fingerprint density at radius 3 is 1.88 bits per heavy atom. The van der Waals surface area contributed by atoms with Crippen molar-refractivity contribution in [1.29, 1.82) is 0 Å². The first-order valence-corrected chi connectivity index (χ1v) is 12.9. The summed E-state index contributed by atoms with van der Waals surface area (Å²) in [7, 11) is 0. The molecule has 0 saturated carbocycles. The summed E-state index contributed by atoms with van der Waals surface area (Å²) in [5.74, 6) is 2.66. The Kier molecular flexibility index (Phi) is 9.17. The Morgan fingerprint density at radius 1 is 0.812 bits per heavy atom. The molecule has 0 atom stereocenters. The number of nitrogens with one attached hydrogen (secondary N) is 2.